The van der Waals surface area contributed by atoms with E-state index in [1.807, 2.05) is 31.2 Å². The maximum Gasteiger partial charge on any atom is 0.275 e. The lowest BCUT2D eigenvalue weighted by molar-refractivity contribution is 0.0708. The molecule has 0 spiro atoms. The zero-order valence-corrected chi connectivity index (χ0v) is 18.8. The van der Waals surface area contributed by atoms with Crippen molar-refractivity contribution in [1.82, 2.24) is 15.4 Å². The fraction of sp³-hybridized carbons (Fsp3) is 0.192. The number of hydrogen-bond acceptors (Lipinski definition) is 5. The van der Waals surface area contributed by atoms with E-state index in [1.54, 1.807) is 30.0 Å². The molecule has 2 heterocycles. The second-order valence-electron chi connectivity index (χ2n) is 7.09. The predicted octanol–water partition coefficient (Wildman–Crippen LogP) is 4.89. The Balaban J connectivity index is 0.000000277. The van der Waals surface area contributed by atoms with Gasteiger partial charge in [0.05, 0.1) is 16.8 Å². The van der Waals surface area contributed by atoms with Crippen LogP contribution in [-0.4, -0.2) is 33.3 Å². The summed E-state index contributed by atoms with van der Waals surface area (Å²) in [4.78, 5) is 20.4. The van der Waals surface area contributed by atoms with Crippen LogP contribution in [0.5, 0.6) is 0 Å². The van der Waals surface area contributed by atoms with Crippen LogP contribution >= 0.6 is 0 Å². The number of aromatic nitrogens is 2. The van der Waals surface area contributed by atoms with Crippen molar-refractivity contribution in [2.75, 3.05) is 7.11 Å². The summed E-state index contributed by atoms with van der Waals surface area (Å²) in [5.74, 6) is -0.580. The number of rotatable bonds is 3. The van der Waals surface area contributed by atoms with E-state index in [2.05, 4.69) is 48.1 Å². The molecule has 32 heavy (non-hydrogen) atoms. The van der Waals surface area contributed by atoms with Crippen LogP contribution in [0.25, 0.3) is 22.2 Å². The van der Waals surface area contributed by atoms with Gasteiger partial charge in [0.25, 0.3) is 5.91 Å². The van der Waals surface area contributed by atoms with Gasteiger partial charge in [-0.15, -0.1) is 0 Å². The Hall–Kier alpha value is -3.61. The minimum Gasteiger partial charge on any atom is -0.400 e. The molecule has 0 fully saturated rings. The lowest BCUT2D eigenvalue weighted by Gasteiger charge is -2.08. The number of amides is 1. The van der Waals surface area contributed by atoms with Gasteiger partial charge >= 0.3 is 0 Å². The number of nitrogens with one attached hydrogen (secondary N) is 1. The van der Waals surface area contributed by atoms with Gasteiger partial charge in [-0.2, -0.15) is 0 Å². The number of aryl methyl sites for hydroxylation is 3. The molecule has 166 valence electrons. The van der Waals surface area contributed by atoms with Crippen molar-refractivity contribution >= 4 is 16.8 Å². The highest BCUT2D eigenvalue weighted by molar-refractivity contribution is 6.06. The highest BCUT2D eigenvalue weighted by Crippen LogP contribution is 2.24. The van der Waals surface area contributed by atoms with Crippen molar-refractivity contribution in [2.24, 2.45) is 0 Å². The van der Waals surface area contributed by atoms with Gasteiger partial charge in [0.1, 0.15) is 0 Å². The lowest BCUT2D eigenvalue weighted by Crippen LogP contribution is -2.19. The van der Waals surface area contributed by atoms with Gasteiger partial charge in [0.15, 0.2) is 0 Å². The first kappa shape index (κ1) is 24.7. The number of aliphatic hydroxyl groups excluding tert-OH is 1. The fourth-order valence-electron chi connectivity index (χ4n) is 3.01. The quantitative estimate of drug-likeness (QED) is 0.317. The topological polar surface area (TPSA) is 95.3 Å². The first-order valence-electron chi connectivity index (χ1n) is 10.3. The molecule has 4 aromatic rings. The normalized spacial score (nSPS) is 9.81. The Morgan fingerprint density at radius 1 is 0.938 bits per heavy atom. The van der Waals surface area contributed by atoms with Crippen LogP contribution in [0.1, 0.15) is 34.0 Å². The Morgan fingerprint density at radius 3 is 2.09 bits per heavy atom. The maximum absolute atomic E-state index is 11.8. The molecule has 2 aromatic carbocycles. The molecule has 0 radical (unpaired) electrons. The van der Waals surface area contributed by atoms with E-state index in [0.29, 0.717) is 22.2 Å². The van der Waals surface area contributed by atoms with Crippen LogP contribution < -0.4 is 5.48 Å². The third-order valence-electron chi connectivity index (χ3n) is 4.83. The van der Waals surface area contributed by atoms with Crippen LogP contribution in [0, 0.1) is 13.8 Å². The molecule has 0 aliphatic carbocycles. The summed E-state index contributed by atoms with van der Waals surface area (Å²) < 4.78 is 0. The van der Waals surface area contributed by atoms with Crippen molar-refractivity contribution in [1.29, 1.82) is 0 Å². The molecule has 0 aliphatic rings. The van der Waals surface area contributed by atoms with Crippen molar-refractivity contribution in [2.45, 2.75) is 27.2 Å². The average molecular weight is 432 g/mol. The Kier molecular flexibility index (Phi) is 9.47. The van der Waals surface area contributed by atoms with Gasteiger partial charge < -0.3 is 5.11 Å². The first-order valence-corrected chi connectivity index (χ1v) is 10.3. The highest BCUT2D eigenvalue weighted by Gasteiger charge is 2.13. The number of pyridine rings is 2. The second kappa shape index (κ2) is 12.3. The number of carbonyl (C=O) groups excluding carboxylic acids is 1. The molecule has 6 heteroatoms. The van der Waals surface area contributed by atoms with Crippen LogP contribution in [0.3, 0.4) is 0 Å². The molecular formula is C26H29N3O3. The zero-order valence-electron chi connectivity index (χ0n) is 18.8. The number of carbonyl (C=O) groups is 1. The van der Waals surface area contributed by atoms with E-state index in [-0.39, 0.29) is 0 Å². The standard InChI is InChI=1S/C16H13N3O2.C9H12.CH4O/c1-10-2-4-11(5-3-10)15-8-12(16(20)19-21)13-9-17-7-6-14(13)18-15;1-3-9-6-4-8(2)5-7-9;1-2/h2-9,21H,1H3,(H,19,20);4-7H,3H2,1-2H3;2H,1H3. The van der Waals surface area contributed by atoms with Gasteiger partial charge in [-0.1, -0.05) is 66.6 Å². The molecule has 0 atom stereocenters. The third kappa shape index (κ3) is 6.44. The molecule has 0 aliphatic heterocycles. The SMILES string of the molecule is CCc1ccc(C)cc1.CO.Cc1ccc(-c2cc(C(=O)NO)c3cnccc3n2)cc1. The summed E-state index contributed by atoms with van der Waals surface area (Å²) in [5, 5.41) is 16.5. The number of fused-ring (bicyclic) bond motifs is 1. The Labute approximate surface area is 188 Å². The summed E-state index contributed by atoms with van der Waals surface area (Å²) in [6.07, 6.45) is 4.32. The summed E-state index contributed by atoms with van der Waals surface area (Å²) in [7, 11) is 1.00. The minimum atomic E-state index is -0.580. The zero-order chi connectivity index (χ0) is 23.5. The maximum atomic E-state index is 11.8. The molecule has 1 amide bonds. The van der Waals surface area contributed by atoms with E-state index in [4.69, 9.17) is 10.3 Å². The minimum absolute atomic E-state index is 0.339. The van der Waals surface area contributed by atoms with Gasteiger partial charge in [-0.05, 0) is 38.0 Å². The predicted molar refractivity (Wildman–Crippen MR) is 128 cm³/mol. The van der Waals surface area contributed by atoms with Gasteiger partial charge in [0.2, 0.25) is 0 Å². The molecule has 2 aromatic heterocycles. The molecule has 0 saturated heterocycles. The van der Waals surface area contributed by atoms with E-state index in [1.165, 1.54) is 11.1 Å². The summed E-state index contributed by atoms with van der Waals surface area (Å²) >= 11 is 0. The van der Waals surface area contributed by atoms with Gasteiger partial charge in [-0.25, -0.2) is 10.5 Å². The van der Waals surface area contributed by atoms with Crippen molar-refractivity contribution in [3.63, 3.8) is 0 Å². The van der Waals surface area contributed by atoms with Crippen LogP contribution in [0.4, 0.5) is 0 Å². The largest absolute Gasteiger partial charge is 0.400 e. The fourth-order valence-corrected chi connectivity index (χ4v) is 3.01. The number of aliphatic hydroxyl groups is 1. The van der Waals surface area contributed by atoms with Gasteiger partial charge in [0, 0.05) is 30.5 Å². The average Bonchev–Trinajstić information content (AvgIpc) is 2.85. The third-order valence-corrected chi connectivity index (χ3v) is 4.83. The Bertz CT molecular complexity index is 1140. The Morgan fingerprint density at radius 2 is 1.53 bits per heavy atom. The molecule has 0 saturated carbocycles. The molecule has 0 unspecified atom stereocenters. The summed E-state index contributed by atoms with van der Waals surface area (Å²) in [6.45, 7) is 6.29. The van der Waals surface area contributed by atoms with Crippen LogP contribution in [0.2, 0.25) is 0 Å². The van der Waals surface area contributed by atoms with Crippen LogP contribution in [-0.2, 0) is 6.42 Å². The number of hydrogen-bond donors (Lipinski definition) is 3. The van der Waals surface area contributed by atoms with E-state index < -0.39 is 5.91 Å². The highest BCUT2D eigenvalue weighted by atomic mass is 16.5. The molecule has 0 bridgehead atoms. The van der Waals surface area contributed by atoms with E-state index in [9.17, 15) is 4.79 Å². The van der Waals surface area contributed by atoms with Crippen molar-refractivity contribution in [3.8, 4) is 11.3 Å². The van der Waals surface area contributed by atoms with E-state index in [0.717, 1.165) is 24.7 Å². The smallest absolute Gasteiger partial charge is 0.275 e. The molecule has 4 rings (SSSR count). The monoisotopic (exact) mass is 431 g/mol. The lowest BCUT2D eigenvalue weighted by atomic mass is 10.0. The van der Waals surface area contributed by atoms with Crippen LogP contribution in [0.15, 0.2) is 73.1 Å². The van der Waals surface area contributed by atoms with Crippen molar-refractivity contribution in [3.05, 3.63) is 95.3 Å². The summed E-state index contributed by atoms with van der Waals surface area (Å²) in [5.41, 5.74) is 8.15. The second-order valence-corrected chi connectivity index (χ2v) is 7.09. The number of benzene rings is 2. The molecular weight excluding hydrogens is 402 g/mol. The first-order chi connectivity index (χ1) is 15.5. The van der Waals surface area contributed by atoms with Crippen molar-refractivity contribution < 1.29 is 15.1 Å². The molecule has 3 N–H and O–H groups in total. The van der Waals surface area contributed by atoms with E-state index >= 15 is 0 Å². The van der Waals surface area contributed by atoms with Gasteiger partial charge in [-0.3, -0.25) is 15.0 Å². The summed E-state index contributed by atoms with van der Waals surface area (Å²) in [6, 6.07) is 19.9. The number of hydroxylamine groups is 1. The molecule has 6 nitrogen and oxygen atoms in total. The number of nitrogens with zero attached hydrogens (tertiary/aromatic N) is 2.